The fraction of sp³-hybridized carbons (Fsp3) is 0.143. The lowest BCUT2D eigenvalue weighted by atomic mass is 10.2. The van der Waals surface area contributed by atoms with Crippen LogP contribution < -0.4 is 10.1 Å². The second-order valence-electron chi connectivity index (χ2n) is 3.79. The number of hydrogen-bond donors (Lipinski definition) is 1. The van der Waals surface area contributed by atoms with E-state index < -0.39 is 0 Å². The zero-order valence-corrected chi connectivity index (χ0v) is 13.1. The minimum Gasteiger partial charge on any atom is -0.496 e. The fourth-order valence-electron chi connectivity index (χ4n) is 1.67. The topological polar surface area (TPSA) is 21.3 Å². The lowest BCUT2D eigenvalue weighted by Crippen LogP contribution is -2.02. The van der Waals surface area contributed by atoms with Crippen LogP contribution in [-0.4, -0.2) is 7.11 Å². The molecule has 0 fully saturated rings. The standard InChI is InChI=1S/C14H13Br2NO/c1-18-14-5-3-2-4-10(14)9-17-13-7-6-11(15)8-12(13)16/h2-8,17H,9H2,1H3. The average molecular weight is 371 g/mol. The van der Waals surface area contributed by atoms with Gasteiger partial charge in [-0.15, -0.1) is 0 Å². The molecule has 18 heavy (non-hydrogen) atoms. The van der Waals surface area contributed by atoms with Gasteiger partial charge in [-0.1, -0.05) is 34.1 Å². The molecule has 0 aliphatic rings. The molecular weight excluding hydrogens is 358 g/mol. The second kappa shape index (κ2) is 6.25. The number of benzene rings is 2. The van der Waals surface area contributed by atoms with Crippen molar-refractivity contribution in [2.45, 2.75) is 6.54 Å². The number of ether oxygens (including phenoxy) is 1. The van der Waals surface area contributed by atoms with E-state index in [0.717, 1.165) is 32.5 Å². The molecule has 0 saturated carbocycles. The van der Waals surface area contributed by atoms with Crippen LogP contribution >= 0.6 is 31.9 Å². The first kappa shape index (κ1) is 13.4. The van der Waals surface area contributed by atoms with Crippen LogP contribution in [0.5, 0.6) is 5.75 Å². The summed E-state index contributed by atoms with van der Waals surface area (Å²) in [6, 6.07) is 14.1. The van der Waals surface area contributed by atoms with E-state index in [9.17, 15) is 0 Å². The van der Waals surface area contributed by atoms with E-state index >= 15 is 0 Å². The summed E-state index contributed by atoms with van der Waals surface area (Å²) >= 11 is 6.97. The van der Waals surface area contributed by atoms with E-state index in [0.29, 0.717) is 0 Å². The summed E-state index contributed by atoms with van der Waals surface area (Å²) in [7, 11) is 1.69. The maximum Gasteiger partial charge on any atom is 0.123 e. The predicted molar refractivity (Wildman–Crippen MR) is 82.2 cm³/mol. The van der Waals surface area contributed by atoms with Crippen LogP contribution in [0.15, 0.2) is 51.4 Å². The van der Waals surface area contributed by atoms with Crippen LogP contribution in [-0.2, 0) is 6.54 Å². The number of halogens is 2. The molecule has 0 unspecified atom stereocenters. The van der Waals surface area contributed by atoms with Crippen molar-refractivity contribution in [1.82, 2.24) is 0 Å². The summed E-state index contributed by atoms with van der Waals surface area (Å²) in [4.78, 5) is 0. The Morgan fingerprint density at radius 3 is 2.61 bits per heavy atom. The summed E-state index contributed by atoms with van der Waals surface area (Å²) in [5.74, 6) is 0.901. The molecule has 0 atom stereocenters. The first-order valence-electron chi connectivity index (χ1n) is 5.51. The third-order valence-corrected chi connectivity index (χ3v) is 3.74. The summed E-state index contributed by atoms with van der Waals surface area (Å²) in [5, 5.41) is 3.38. The molecule has 0 bridgehead atoms. The number of anilines is 1. The van der Waals surface area contributed by atoms with Gasteiger partial charge in [0.15, 0.2) is 0 Å². The van der Waals surface area contributed by atoms with Crippen LogP contribution in [0.2, 0.25) is 0 Å². The third-order valence-electron chi connectivity index (χ3n) is 2.59. The quantitative estimate of drug-likeness (QED) is 0.831. The molecule has 2 aromatic rings. The Bertz CT molecular complexity index is 543. The van der Waals surface area contributed by atoms with Gasteiger partial charge in [-0.2, -0.15) is 0 Å². The molecule has 2 aromatic carbocycles. The zero-order chi connectivity index (χ0) is 13.0. The largest absolute Gasteiger partial charge is 0.496 e. The first-order chi connectivity index (χ1) is 8.70. The monoisotopic (exact) mass is 369 g/mol. The van der Waals surface area contributed by atoms with E-state index in [1.807, 2.05) is 36.4 Å². The first-order valence-corrected chi connectivity index (χ1v) is 7.10. The Balaban J connectivity index is 2.11. The minimum absolute atomic E-state index is 0.726. The van der Waals surface area contributed by atoms with Crippen molar-refractivity contribution in [1.29, 1.82) is 0 Å². The number of rotatable bonds is 4. The van der Waals surface area contributed by atoms with Gasteiger partial charge in [-0.25, -0.2) is 0 Å². The zero-order valence-electron chi connectivity index (χ0n) is 9.91. The molecule has 0 aliphatic heterocycles. The predicted octanol–water partition coefficient (Wildman–Crippen LogP) is 4.83. The molecule has 0 aliphatic carbocycles. The second-order valence-corrected chi connectivity index (χ2v) is 5.56. The molecule has 1 N–H and O–H groups in total. The molecule has 0 spiro atoms. The molecule has 2 rings (SSSR count). The molecule has 4 heteroatoms. The van der Waals surface area contributed by atoms with Gasteiger partial charge in [-0.3, -0.25) is 0 Å². The van der Waals surface area contributed by atoms with E-state index in [4.69, 9.17) is 4.74 Å². The number of methoxy groups -OCH3 is 1. The average Bonchev–Trinajstić information content (AvgIpc) is 2.38. The summed E-state index contributed by atoms with van der Waals surface area (Å²) in [5.41, 5.74) is 2.19. The molecule has 0 heterocycles. The summed E-state index contributed by atoms with van der Waals surface area (Å²) in [6.45, 7) is 0.726. The molecule has 0 saturated heterocycles. The lowest BCUT2D eigenvalue weighted by molar-refractivity contribution is 0.410. The molecule has 0 aromatic heterocycles. The fourth-order valence-corrected chi connectivity index (χ4v) is 2.86. The van der Waals surface area contributed by atoms with Crippen LogP contribution in [0.25, 0.3) is 0 Å². The van der Waals surface area contributed by atoms with Gasteiger partial charge in [0, 0.05) is 26.7 Å². The highest BCUT2D eigenvalue weighted by Crippen LogP contribution is 2.27. The summed E-state index contributed by atoms with van der Waals surface area (Å²) in [6.07, 6.45) is 0. The van der Waals surface area contributed by atoms with Gasteiger partial charge in [-0.05, 0) is 40.2 Å². The highest BCUT2D eigenvalue weighted by Gasteiger charge is 2.03. The summed E-state index contributed by atoms with van der Waals surface area (Å²) < 4.78 is 7.41. The van der Waals surface area contributed by atoms with Crippen LogP contribution in [0, 0.1) is 0 Å². The number of hydrogen-bond acceptors (Lipinski definition) is 2. The van der Waals surface area contributed by atoms with E-state index in [1.165, 1.54) is 0 Å². The van der Waals surface area contributed by atoms with Gasteiger partial charge in [0.1, 0.15) is 5.75 Å². The Morgan fingerprint density at radius 2 is 1.89 bits per heavy atom. The molecule has 94 valence electrons. The molecular formula is C14H13Br2NO. The smallest absolute Gasteiger partial charge is 0.123 e. The van der Waals surface area contributed by atoms with Gasteiger partial charge in [0.05, 0.1) is 7.11 Å². The van der Waals surface area contributed by atoms with E-state index in [2.05, 4.69) is 43.2 Å². The van der Waals surface area contributed by atoms with Crippen molar-refractivity contribution in [2.24, 2.45) is 0 Å². The molecule has 2 nitrogen and oxygen atoms in total. The van der Waals surface area contributed by atoms with E-state index in [1.54, 1.807) is 7.11 Å². The van der Waals surface area contributed by atoms with E-state index in [-0.39, 0.29) is 0 Å². The van der Waals surface area contributed by atoms with Crippen molar-refractivity contribution in [2.75, 3.05) is 12.4 Å². The lowest BCUT2D eigenvalue weighted by Gasteiger charge is -2.11. The van der Waals surface area contributed by atoms with Crippen molar-refractivity contribution >= 4 is 37.5 Å². The Hall–Kier alpha value is -1.000. The highest BCUT2D eigenvalue weighted by atomic mass is 79.9. The maximum absolute atomic E-state index is 5.32. The maximum atomic E-state index is 5.32. The van der Waals surface area contributed by atoms with Gasteiger partial charge in [0.25, 0.3) is 0 Å². The Morgan fingerprint density at radius 1 is 1.11 bits per heavy atom. The van der Waals surface area contributed by atoms with Crippen LogP contribution in [0.3, 0.4) is 0 Å². The van der Waals surface area contributed by atoms with Crippen molar-refractivity contribution < 1.29 is 4.74 Å². The van der Waals surface area contributed by atoms with Crippen molar-refractivity contribution in [3.63, 3.8) is 0 Å². The normalized spacial score (nSPS) is 10.2. The third kappa shape index (κ3) is 3.27. The van der Waals surface area contributed by atoms with Crippen molar-refractivity contribution in [3.05, 3.63) is 57.0 Å². The highest BCUT2D eigenvalue weighted by molar-refractivity contribution is 9.11. The number of para-hydroxylation sites is 1. The Kier molecular flexibility index (Phi) is 4.66. The van der Waals surface area contributed by atoms with Crippen LogP contribution in [0.4, 0.5) is 5.69 Å². The van der Waals surface area contributed by atoms with Crippen molar-refractivity contribution in [3.8, 4) is 5.75 Å². The SMILES string of the molecule is COc1ccccc1CNc1ccc(Br)cc1Br. The van der Waals surface area contributed by atoms with Crippen LogP contribution in [0.1, 0.15) is 5.56 Å². The Labute approximate surface area is 124 Å². The number of nitrogens with one attached hydrogen (secondary N) is 1. The van der Waals surface area contributed by atoms with Gasteiger partial charge >= 0.3 is 0 Å². The minimum atomic E-state index is 0.726. The molecule has 0 radical (unpaired) electrons. The molecule has 0 amide bonds. The van der Waals surface area contributed by atoms with Gasteiger partial charge < -0.3 is 10.1 Å². The van der Waals surface area contributed by atoms with Gasteiger partial charge in [0.2, 0.25) is 0 Å².